The minimum Gasteiger partial charge on any atom is -0.481 e. The lowest BCUT2D eigenvalue weighted by atomic mass is 9.94. The summed E-state index contributed by atoms with van der Waals surface area (Å²) in [5.74, 6) is -1.75. The summed E-state index contributed by atoms with van der Waals surface area (Å²) in [6, 6.07) is 15.6. The number of nitrogens with zero attached hydrogens (tertiary/aromatic N) is 1. The predicted molar refractivity (Wildman–Crippen MR) is 144 cm³/mol. The maximum Gasteiger partial charge on any atom is 0.305 e. The molecule has 1 aliphatic carbocycles. The Morgan fingerprint density at radius 1 is 1.03 bits per heavy atom. The van der Waals surface area contributed by atoms with Crippen LogP contribution in [-0.4, -0.2) is 50.0 Å². The number of hydrogen-bond acceptors (Lipinski definition) is 4. The van der Waals surface area contributed by atoms with Crippen molar-refractivity contribution in [2.24, 2.45) is 0 Å². The van der Waals surface area contributed by atoms with E-state index in [-0.39, 0.29) is 30.2 Å². The van der Waals surface area contributed by atoms with Crippen molar-refractivity contribution in [1.29, 1.82) is 0 Å². The Kier molecular flexibility index (Phi) is 8.44. The average molecular weight is 521 g/mol. The Morgan fingerprint density at radius 2 is 1.66 bits per heavy atom. The molecule has 2 aromatic carbocycles. The molecular weight excluding hydrogens is 487 g/mol. The van der Waals surface area contributed by atoms with E-state index in [1.54, 1.807) is 18.2 Å². The molecule has 3 aromatic rings. The van der Waals surface area contributed by atoms with Crippen molar-refractivity contribution in [3.63, 3.8) is 0 Å². The van der Waals surface area contributed by atoms with Gasteiger partial charge in [-0.25, -0.2) is 4.39 Å². The SMILES string of the molecule is CC(C)n1c(/C=C/[C@@H](O)C[C@@H](O)CC(=O)O)c(-c2ccc(F)cc2)c(-c2ccccc2)c1C(=O)NC1CC1. The van der Waals surface area contributed by atoms with Crippen molar-refractivity contribution >= 4 is 18.0 Å². The molecule has 7 nitrogen and oxygen atoms in total. The highest BCUT2D eigenvalue weighted by Crippen LogP contribution is 2.42. The van der Waals surface area contributed by atoms with Gasteiger partial charge in [0.25, 0.3) is 5.91 Å². The highest BCUT2D eigenvalue weighted by Gasteiger charge is 2.32. The number of carbonyl (C=O) groups excluding carboxylic acids is 1. The molecule has 4 N–H and O–H groups in total. The van der Waals surface area contributed by atoms with Crippen LogP contribution in [0.1, 0.15) is 61.8 Å². The molecule has 0 bridgehead atoms. The van der Waals surface area contributed by atoms with Crippen LogP contribution in [0.4, 0.5) is 4.39 Å². The fourth-order valence-electron chi connectivity index (χ4n) is 4.65. The van der Waals surface area contributed by atoms with Crippen LogP contribution in [-0.2, 0) is 4.79 Å². The van der Waals surface area contributed by atoms with Gasteiger partial charge in [0.05, 0.1) is 18.6 Å². The van der Waals surface area contributed by atoms with Crippen LogP contribution in [0.25, 0.3) is 28.3 Å². The second-order valence-electron chi connectivity index (χ2n) is 9.98. The van der Waals surface area contributed by atoms with Crippen molar-refractivity contribution in [2.75, 3.05) is 0 Å². The molecule has 0 saturated heterocycles. The highest BCUT2D eigenvalue weighted by atomic mass is 19.1. The van der Waals surface area contributed by atoms with Gasteiger partial charge in [-0.2, -0.15) is 0 Å². The van der Waals surface area contributed by atoms with E-state index in [9.17, 15) is 24.2 Å². The van der Waals surface area contributed by atoms with E-state index in [1.165, 1.54) is 18.2 Å². The van der Waals surface area contributed by atoms with Crippen molar-refractivity contribution < 1.29 is 29.3 Å². The second-order valence-corrected chi connectivity index (χ2v) is 9.98. The first-order valence-electron chi connectivity index (χ1n) is 12.8. The average Bonchev–Trinajstić information content (AvgIpc) is 3.60. The maximum absolute atomic E-state index is 13.9. The van der Waals surface area contributed by atoms with Crippen molar-refractivity contribution in [3.05, 3.63) is 77.9 Å². The molecule has 1 aliphatic rings. The van der Waals surface area contributed by atoms with Crippen LogP contribution < -0.4 is 5.32 Å². The molecular formula is C30H33FN2O5. The third-order valence-electron chi connectivity index (χ3n) is 6.48. The molecule has 1 aromatic heterocycles. The lowest BCUT2D eigenvalue weighted by Crippen LogP contribution is -2.29. The van der Waals surface area contributed by atoms with E-state index in [2.05, 4.69) is 5.32 Å². The van der Waals surface area contributed by atoms with Gasteiger partial charge in [0.15, 0.2) is 0 Å². The number of halogens is 1. The number of amides is 1. The molecule has 2 atom stereocenters. The van der Waals surface area contributed by atoms with E-state index in [4.69, 9.17) is 5.11 Å². The number of carbonyl (C=O) groups is 2. The molecule has 0 unspecified atom stereocenters. The number of carboxylic acid groups (broad SMARTS) is 1. The predicted octanol–water partition coefficient (Wildman–Crippen LogP) is 5.03. The quantitative estimate of drug-likeness (QED) is 0.283. The zero-order valence-electron chi connectivity index (χ0n) is 21.5. The molecule has 0 radical (unpaired) electrons. The second kappa shape index (κ2) is 11.8. The summed E-state index contributed by atoms with van der Waals surface area (Å²) in [7, 11) is 0. The molecule has 1 fully saturated rings. The van der Waals surface area contributed by atoms with Crippen molar-refractivity contribution in [1.82, 2.24) is 9.88 Å². The number of benzene rings is 2. The topological polar surface area (TPSA) is 112 Å². The van der Waals surface area contributed by atoms with Gasteiger partial charge in [-0.1, -0.05) is 48.5 Å². The summed E-state index contributed by atoms with van der Waals surface area (Å²) in [4.78, 5) is 24.6. The van der Waals surface area contributed by atoms with Gasteiger partial charge in [-0.15, -0.1) is 0 Å². The first kappa shape index (κ1) is 27.3. The van der Waals surface area contributed by atoms with Gasteiger partial charge < -0.3 is 25.2 Å². The molecule has 1 amide bonds. The summed E-state index contributed by atoms with van der Waals surface area (Å²) >= 11 is 0. The third-order valence-corrected chi connectivity index (χ3v) is 6.48. The number of nitrogens with one attached hydrogen (secondary N) is 1. The van der Waals surface area contributed by atoms with Crippen LogP contribution in [0.15, 0.2) is 60.7 Å². The minimum absolute atomic E-state index is 0.132. The van der Waals surface area contributed by atoms with Gasteiger partial charge >= 0.3 is 5.97 Å². The van der Waals surface area contributed by atoms with Gasteiger partial charge in [0.2, 0.25) is 0 Å². The molecule has 38 heavy (non-hydrogen) atoms. The Bertz CT molecular complexity index is 1310. The number of aliphatic hydroxyl groups excluding tert-OH is 2. The highest BCUT2D eigenvalue weighted by molar-refractivity contribution is 6.06. The van der Waals surface area contributed by atoms with Gasteiger partial charge in [0, 0.05) is 35.3 Å². The van der Waals surface area contributed by atoms with Crippen molar-refractivity contribution in [3.8, 4) is 22.3 Å². The molecule has 8 heteroatoms. The van der Waals surface area contributed by atoms with Crippen LogP contribution in [0.2, 0.25) is 0 Å². The number of carboxylic acids is 1. The molecule has 4 rings (SSSR count). The molecule has 0 aliphatic heterocycles. The summed E-state index contributed by atoms with van der Waals surface area (Å²) < 4.78 is 15.8. The Labute approximate surface area is 221 Å². The monoisotopic (exact) mass is 520 g/mol. The van der Waals surface area contributed by atoms with Gasteiger partial charge in [0.1, 0.15) is 11.5 Å². The number of aliphatic carboxylic acids is 1. The fraction of sp³-hybridized carbons (Fsp3) is 0.333. The molecule has 200 valence electrons. The first-order valence-corrected chi connectivity index (χ1v) is 12.8. The standard InChI is InChI=1S/C30H33FN2O5/c1-18(2)33-25(15-14-23(34)16-24(35)17-26(36)37)27(20-8-10-21(31)11-9-20)28(19-6-4-3-5-7-19)29(33)30(38)32-22-12-13-22/h3-11,14-15,18,22-24,34-35H,12-13,16-17H2,1-2H3,(H,32,38)(H,36,37)/b15-14+/t23-,24-/m1/s1. The first-order chi connectivity index (χ1) is 18.2. The van der Waals surface area contributed by atoms with Crippen LogP contribution >= 0.6 is 0 Å². The minimum atomic E-state index is -1.21. The maximum atomic E-state index is 13.9. The van der Waals surface area contributed by atoms with Gasteiger partial charge in [-0.05, 0) is 56.0 Å². The van der Waals surface area contributed by atoms with E-state index >= 15 is 0 Å². The molecule has 0 spiro atoms. The number of aromatic nitrogens is 1. The number of hydrogen-bond donors (Lipinski definition) is 4. The van der Waals surface area contributed by atoms with Crippen LogP contribution in [0, 0.1) is 5.82 Å². The van der Waals surface area contributed by atoms with E-state index in [0.29, 0.717) is 28.1 Å². The van der Waals surface area contributed by atoms with Crippen LogP contribution in [0.3, 0.4) is 0 Å². The largest absolute Gasteiger partial charge is 0.481 e. The third kappa shape index (κ3) is 6.38. The Hall–Kier alpha value is -3.75. The van der Waals surface area contributed by atoms with E-state index < -0.39 is 24.6 Å². The van der Waals surface area contributed by atoms with Crippen molar-refractivity contribution in [2.45, 2.75) is 63.8 Å². The number of rotatable bonds is 11. The van der Waals surface area contributed by atoms with Crippen LogP contribution in [0.5, 0.6) is 0 Å². The number of aliphatic hydroxyl groups is 2. The lowest BCUT2D eigenvalue weighted by Gasteiger charge is -2.17. The van der Waals surface area contributed by atoms with E-state index in [0.717, 1.165) is 18.4 Å². The lowest BCUT2D eigenvalue weighted by molar-refractivity contribution is -0.139. The molecule has 1 saturated carbocycles. The zero-order valence-corrected chi connectivity index (χ0v) is 21.5. The smallest absolute Gasteiger partial charge is 0.305 e. The summed E-state index contributed by atoms with van der Waals surface area (Å²) in [5, 5.41) is 32.6. The van der Waals surface area contributed by atoms with Gasteiger partial charge in [-0.3, -0.25) is 9.59 Å². The Balaban J connectivity index is 1.93. The fourth-order valence-corrected chi connectivity index (χ4v) is 4.65. The zero-order chi connectivity index (χ0) is 27.4. The van der Waals surface area contributed by atoms with E-state index in [1.807, 2.05) is 48.7 Å². The molecule has 1 heterocycles. The Morgan fingerprint density at radius 3 is 2.24 bits per heavy atom. The normalized spacial score (nSPS) is 15.1. The summed E-state index contributed by atoms with van der Waals surface area (Å²) in [6.07, 6.45) is 2.08. The summed E-state index contributed by atoms with van der Waals surface area (Å²) in [6.45, 7) is 3.92. The summed E-state index contributed by atoms with van der Waals surface area (Å²) in [5.41, 5.74) is 4.03.